The molecule has 2 aromatic rings. The zero-order valence-electron chi connectivity index (χ0n) is 18.1. The van der Waals surface area contributed by atoms with Gasteiger partial charge in [0.25, 0.3) is 0 Å². The van der Waals surface area contributed by atoms with E-state index >= 15 is 0 Å². The first-order chi connectivity index (χ1) is 14.2. The van der Waals surface area contributed by atoms with Crippen LogP contribution >= 0.6 is 0 Å². The van der Waals surface area contributed by atoms with E-state index in [2.05, 4.69) is 5.32 Å². The van der Waals surface area contributed by atoms with Gasteiger partial charge in [-0.25, -0.2) is 4.79 Å². The second-order valence-electron chi connectivity index (χ2n) is 7.28. The standard InChI is InChI=1S/C22H30N2O5S/c1-6-17(4)24(22(25)23-20-9-7-8-10-21(20)28-5)15-18-11-13-19(14-12-18)29-30(26,27)16(2)3/h7-14,16-17H,6,15H2,1-5H3,(H,23,25). The van der Waals surface area contributed by atoms with Gasteiger partial charge in [0.15, 0.2) is 0 Å². The lowest BCUT2D eigenvalue weighted by atomic mass is 10.1. The van der Waals surface area contributed by atoms with E-state index in [1.165, 1.54) is 0 Å². The molecular formula is C22H30N2O5S. The number of rotatable bonds is 9. The highest BCUT2D eigenvalue weighted by molar-refractivity contribution is 7.87. The Hall–Kier alpha value is -2.74. The van der Waals surface area contributed by atoms with Crippen molar-refractivity contribution in [2.75, 3.05) is 12.4 Å². The van der Waals surface area contributed by atoms with Gasteiger partial charge in [0.2, 0.25) is 0 Å². The number of carbonyl (C=O) groups excluding carboxylic acids is 1. The van der Waals surface area contributed by atoms with Gasteiger partial charge in [-0.05, 0) is 57.0 Å². The summed E-state index contributed by atoms with van der Waals surface area (Å²) in [5.41, 5.74) is 1.46. The van der Waals surface area contributed by atoms with Crippen LogP contribution in [-0.2, 0) is 16.7 Å². The summed E-state index contributed by atoms with van der Waals surface area (Å²) >= 11 is 0. The first kappa shape index (κ1) is 23.5. The molecule has 0 saturated carbocycles. The fraction of sp³-hybridized carbons (Fsp3) is 0.409. The number of carbonyl (C=O) groups is 1. The second kappa shape index (κ2) is 10.3. The van der Waals surface area contributed by atoms with Gasteiger partial charge < -0.3 is 19.1 Å². The molecule has 2 rings (SSSR count). The summed E-state index contributed by atoms with van der Waals surface area (Å²) in [5.74, 6) is 0.837. The van der Waals surface area contributed by atoms with Gasteiger partial charge >= 0.3 is 16.1 Å². The number of nitrogens with zero attached hydrogens (tertiary/aromatic N) is 1. The predicted octanol–water partition coefficient (Wildman–Crippen LogP) is 4.64. The van der Waals surface area contributed by atoms with Crippen molar-refractivity contribution in [3.63, 3.8) is 0 Å². The molecule has 164 valence electrons. The molecule has 0 heterocycles. The Morgan fingerprint density at radius 2 is 1.70 bits per heavy atom. The van der Waals surface area contributed by atoms with Crippen molar-refractivity contribution < 1.29 is 22.1 Å². The number of hydrogen-bond donors (Lipinski definition) is 1. The molecule has 2 aromatic carbocycles. The minimum Gasteiger partial charge on any atom is -0.495 e. The van der Waals surface area contributed by atoms with Crippen LogP contribution in [0.15, 0.2) is 48.5 Å². The van der Waals surface area contributed by atoms with E-state index in [0.29, 0.717) is 18.0 Å². The summed E-state index contributed by atoms with van der Waals surface area (Å²) in [4.78, 5) is 14.7. The number of urea groups is 1. The van der Waals surface area contributed by atoms with Crippen LogP contribution in [0.2, 0.25) is 0 Å². The largest absolute Gasteiger partial charge is 0.495 e. The number of ether oxygens (including phenoxy) is 1. The quantitative estimate of drug-likeness (QED) is 0.581. The summed E-state index contributed by atoms with van der Waals surface area (Å²) in [6.07, 6.45) is 0.785. The topological polar surface area (TPSA) is 84.9 Å². The molecule has 0 spiro atoms. The number of amides is 2. The molecular weight excluding hydrogens is 404 g/mol. The van der Waals surface area contributed by atoms with Crippen LogP contribution in [0.4, 0.5) is 10.5 Å². The zero-order chi connectivity index (χ0) is 22.3. The maximum Gasteiger partial charge on any atom is 0.322 e. The lowest BCUT2D eigenvalue weighted by Gasteiger charge is -2.29. The number of methoxy groups -OCH3 is 1. The van der Waals surface area contributed by atoms with E-state index in [0.717, 1.165) is 12.0 Å². The molecule has 0 aliphatic carbocycles. The molecule has 0 aliphatic rings. The third-order valence-corrected chi connectivity index (χ3v) is 6.38. The van der Waals surface area contributed by atoms with Crippen LogP contribution in [0.3, 0.4) is 0 Å². The molecule has 0 radical (unpaired) electrons. The van der Waals surface area contributed by atoms with Crippen molar-refractivity contribution >= 4 is 21.8 Å². The molecule has 30 heavy (non-hydrogen) atoms. The monoisotopic (exact) mass is 434 g/mol. The highest BCUT2D eigenvalue weighted by Gasteiger charge is 2.21. The number of nitrogens with one attached hydrogen (secondary N) is 1. The van der Waals surface area contributed by atoms with Crippen LogP contribution in [-0.4, -0.2) is 37.8 Å². The highest BCUT2D eigenvalue weighted by Crippen LogP contribution is 2.24. The van der Waals surface area contributed by atoms with Gasteiger partial charge in [0.1, 0.15) is 11.5 Å². The van der Waals surface area contributed by atoms with Crippen molar-refractivity contribution in [1.82, 2.24) is 4.90 Å². The molecule has 0 fully saturated rings. The Morgan fingerprint density at radius 1 is 1.07 bits per heavy atom. The van der Waals surface area contributed by atoms with Crippen LogP contribution in [0, 0.1) is 0 Å². The first-order valence-corrected chi connectivity index (χ1v) is 11.4. The summed E-state index contributed by atoms with van der Waals surface area (Å²) in [7, 11) is -2.09. The van der Waals surface area contributed by atoms with Gasteiger partial charge in [-0.15, -0.1) is 0 Å². The number of para-hydroxylation sites is 2. The van der Waals surface area contributed by atoms with Gasteiger partial charge in [0.05, 0.1) is 18.0 Å². The van der Waals surface area contributed by atoms with Crippen molar-refractivity contribution in [3.05, 3.63) is 54.1 Å². The van der Waals surface area contributed by atoms with E-state index in [1.54, 1.807) is 62.3 Å². The number of benzene rings is 2. The summed E-state index contributed by atoms with van der Waals surface area (Å²) in [6, 6.07) is 13.7. The lowest BCUT2D eigenvalue weighted by molar-refractivity contribution is 0.187. The fourth-order valence-corrected chi connectivity index (χ4v) is 3.23. The third-order valence-electron chi connectivity index (χ3n) is 4.80. The maximum absolute atomic E-state index is 13.0. The zero-order valence-corrected chi connectivity index (χ0v) is 18.9. The van der Waals surface area contributed by atoms with Crippen molar-refractivity contribution in [2.45, 2.75) is 52.0 Å². The fourth-order valence-electron chi connectivity index (χ4n) is 2.66. The van der Waals surface area contributed by atoms with Crippen LogP contribution in [0.1, 0.15) is 39.7 Å². The number of hydrogen-bond acceptors (Lipinski definition) is 5. The third kappa shape index (κ3) is 6.13. The maximum atomic E-state index is 13.0. The van der Waals surface area contributed by atoms with Gasteiger partial charge in [0, 0.05) is 12.6 Å². The molecule has 2 amide bonds. The molecule has 0 aliphatic heterocycles. The highest BCUT2D eigenvalue weighted by atomic mass is 32.2. The van der Waals surface area contributed by atoms with Crippen molar-refractivity contribution in [1.29, 1.82) is 0 Å². The molecule has 7 nitrogen and oxygen atoms in total. The Labute approximate surface area is 179 Å². The Balaban J connectivity index is 2.15. The van der Waals surface area contributed by atoms with Gasteiger partial charge in [-0.2, -0.15) is 8.42 Å². The molecule has 8 heteroatoms. The van der Waals surface area contributed by atoms with Crippen molar-refractivity contribution in [3.8, 4) is 11.5 Å². The minimum absolute atomic E-state index is 0.00282. The number of anilines is 1. The first-order valence-electron chi connectivity index (χ1n) is 9.90. The molecule has 1 unspecified atom stereocenters. The summed E-state index contributed by atoms with van der Waals surface area (Å²) < 4.78 is 34.2. The molecule has 0 saturated heterocycles. The second-order valence-corrected chi connectivity index (χ2v) is 9.38. The SMILES string of the molecule is CCC(C)N(Cc1ccc(OS(=O)(=O)C(C)C)cc1)C(=O)Nc1ccccc1OC. The van der Waals surface area contributed by atoms with E-state index in [9.17, 15) is 13.2 Å². The van der Waals surface area contributed by atoms with Crippen molar-refractivity contribution in [2.24, 2.45) is 0 Å². The smallest absolute Gasteiger partial charge is 0.322 e. The predicted molar refractivity (Wildman–Crippen MR) is 118 cm³/mol. The van der Waals surface area contributed by atoms with Crippen LogP contribution in [0.5, 0.6) is 11.5 Å². The Morgan fingerprint density at radius 3 is 2.27 bits per heavy atom. The average Bonchev–Trinajstić information content (AvgIpc) is 2.72. The molecule has 1 atom stereocenters. The Kier molecular flexibility index (Phi) is 8.11. The Bertz CT molecular complexity index is 942. The summed E-state index contributed by atoms with van der Waals surface area (Å²) in [5, 5.41) is 2.28. The van der Waals surface area contributed by atoms with Crippen LogP contribution < -0.4 is 14.2 Å². The normalized spacial score (nSPS) is 12.3. The van der Waals surface area contributed by atoms with E-state index < -0.39 is 15.4 Å². The molecule has 0 aromatic heterocycles. The van der Waals surface area contributed by atoms with Gasteiger partial charge in [-0.1, -0.05) is 31.2 Å². The van der Waals surface area contributed by atoms with E-state index in [4.69, 9.17) is 8.92 Å². The molecule has 0 bridgehead atoms. The minimum atomic E-state index is -3.65. The summed E-state index contributed by atoms with van der Waals surface area (Å²) in [6.45, 7) is 7.49. The van der Waals surface area contributed by atoms with E-state index in [-0.39, 0.29) is 17.8 Å². The van der Waals surface area contributed by atoms with Crippen LogP contribution in [0.25, 0.3) is 0 Å². The molecule has 1 N–H and O–H groups in total. The average molecular weight is 435 g/mol. The van der Waals surface area contributed by atoms with Gasteiger partial charge in [-0.3, -0.25) is 0 Å². The van der Waals surface area contributed by atoms with E-state index in [1.807, 2.05) is 26.0 Å². The lowest BCUT2D eigenvalue weighted by Crippen LogP contribution is -2.40.